The van der Waals surface area contributed by atoms with Crippen LogP contribution in [0.1, 0.15) is 5.56 Å². The van der Waals surface area contributed by atoms with Crippen molar-refractivity contribution in [2.24, 2.45) is 0 Å². The molecule has 2 N–H and O–H groups in total. The lowest BCUT2D eigenvalue weighted by Gasteiger charge is -2.15. The highest BCUT2D eigenvalue weighted by molar-refractivity contribution is 7.91. The van der Waals surface area contributed by atoms with Crippen molar-refractivity contribution in [1.82, 2.24) is 8.96 Å². The summed E-state index contributed by atoms with van der Waals surface area (Å²) < 4.78 is 85.4. The minimum absolute atomic E-state index is 0.100. The number of anilines is 1. The number of ether oxygens (including phenoxy) is 1. The molecule has 0 aliphatic carbocycles. The fourth-order valence-electron chi connectivity index (χ4n) is 3.60. The molecule has 0 atom stereocenters. The van der Waals surface area contributed by atoms with E-state index < -0.39 is 27.0 Å². The molecule has 0 saturated carbocycles. The van der Waals surface area contributed by atoms with Crippen molar-refractivity contribution in [1.29, 1.82) is 0 Å². The van der Waals surface area contributed by atoms with Crippen molar-refractivity contribution in [3.63, 3.8) is 0 Å². The van der Waals surface area contributed by atoms with Gasteiger partial charge in [-0.3, -0.25) is 0 Å². The van der Waals surface area contributed by atoms with Crippen LogP contribution < -0.4 is 10.5 Å². The average molecular weight is 479 g/mol. The van der Waals surface area contributed by atoms with Crippen LogP contribution in [-0.4, -0.2) is 30.0 Å². The largest absolute Gasteiger partial charge is 0.517 e. The van der Waals surface area contributed by atoms with Gasteiger partial charge in [-0.05, 0) is 48.4 Å². The van der Waals surface area contributed by atoms with E-state index in [1.807, 2.05) is 0 Å². The number of fused-ring (bicyclic) bond motifs is 1. The molecule has 4 aromatic rings. The Morgan fingerprint density at radius 2 is 1.79 bits per heavy atom. The van der Waals surface area contributed by atoms with Crippen LogP contribution in [0, 0.1) is 12.7 Å². The predicted octanol–water partition coefficient (Wildman–Crippen LogP) is 5.11. The van der Waals surface area contributed by atoms with Gasteiger partial charge in [0.05, 0.1) is 24.0 Å². The third kappa shape index (κ3) is 3.67. The summed E-state index contributed by atoms with van der Waals surface area (Å²) in [6, 6.07) is 10.8. The first-order valence-corrected chi connectivity index (χ1v) is 10.9. The van der Waals surface area contributed by atoms with Crippen molar-refractivity contribution >= 4 is 26.6 Å². The molecule has 11 heteroatoms. The first kappa shape index (κ1) is 22.6. The second kappa shape index (κ2) is 7.77. The van der Waals surface area contributed by atoms with Gasteiger partial charge in [-0.15, -0.1) is 0 Å². The normalized spacial score (nSPS) is 12.3. The number of rotatable bonds is 4. The van der Waals surface area contributed by atoms with Crippen LogP contribution in [-0.2, 0) is 10.0 Å². The van der Waals surface area contributed by atoms with Gasteiger partial charge in [-0.2, -0.15) is 21.6 Å². The molecule has 2 aromatic heterocycles. The summed E-state index contributed by atoms with van der Waals surface area (Å²) in [6.45, 7) is 1.80. The molecule has 0 fully saturated rings. The van der Waals surface area contributed by atoms with E-state index in [0.29, 0.717) is 17.0 Å². The first-order valence-electron chi connectivity index (χ1n) is 9.48. The zero-order valence-electron chi connectivity index (χ0n) is 17.3. The molecule has 0 unspecified atom stereocenters. The maximum atomic E-state index is 14.7. The van der Waals surface area contributed by atoms with E-state index in [2.05, 4.69) is 4.98 Å². The maximum absolute atomic E-state index is 14.7. The minimum Gasteiger partial charge on any atom is -0.481 e. The highest BCUT2D eigenvalue weighted by Gasteiger charge is 2.49. The number of methoxy groups -OCH3 is 1. The van der Waals surface area contributed by atoms with Crippen LogP contribution in [0.25, 0.3) is 33.3 Å². The van der Waals surface area contributed by atoms with Gasteiger partial charge in [-0.25, -0.2) is 13.3 Å². The number of halogens is 4. The number of nitrogen functional groups attached to an aromatic ring is 1. The summed E-state index contributed by atoms with van der Waals surface area (Å²) >= 11 is 0. The predicted molar refractivity (Wildman–Crippen MR) is 117 cm³/mol. The second-order valence-electron chi connectivity index (χ2n) is 7.27. The molecule has 0 bridgehead atoms. The van der Waals surface area contributed by atoms with E-state index in [4.69, 9.17) is 10.5 Å². The third-order valence-corrected chi connectivity index (χ3v) is 6.66. The summed E-state index contributed by atoms with van der Waals surface area (Å²) in [4.78, 5) is 4.14. The third-order valence-electron chi connectivity index (χ3n) is 5.20. The number of pyridine rings is 1. The molecule has 0 spiro atoms. The molecule has 0 amide bonds. The lowest BCUT2D eigenvalue weighted by atomic mass is 10.0. The molecule has 4 rings (SSSR count). The highest BCUT2D eigenvalue weighted by Crippen LogP contribution is 2.39. The Bertz CT molecular complexity index is 1500. The van der Waals surface area contributed by atoms with Crippen LogP contribution >= 0.6 is 0 Å². The van der Waals surface area contributed by atoms with Gasteiger partial charge < -0.3 is 10.5 Å². The molecule has 33 heavy (non-hydrogen) atoms. The molecule has 2 heterocycles. The van der Waals surface area contributed by atoms with Gasteiger partial charge in [-0.1, -0.05) is 12.1 Å². The molecule has 0 aliphatic heterocycles. The number of aryl methyl sites for hydroxylation is 1. The van der Waals surface area contributed by atoms with Gasteiger partial charge >= 0.3 is 15.5 Å². The van der Waals surface area contributed by atoms with Gasteiger partial charge in [0.1, 0.15) is 0 Å². The number of hydrogen-bond donors (Lipinski definition) is 1. The molecular weight excluding hydrogens is 462 g/mol. The molecule has 172 valence electrons. The van der Waals surface area contributed by atoms with Crippen molar-refractivity contribution in [3.8, 4) is 28.3 Å². The molecule has 2 aromatic carbocycles. The number of nitrogens with zero attached hydrogens (tertiary/aromatic N) is 2. The monoisotopic (exact) mass is 479 g/mol. The summed E-state index contributed by atoms with van der Waals surface area (Å²) in [7, 11) is -4.42. The standard InChI is InChI=1S/C22H17F4N3O3S/c1-12-8-20(32-2)28-11-16(12)13-6-7-18-14(9-13)10-19(15-4-3-5-17(27)21(15)23)29(18)33(30,31)22(24,25)26/h3-11H,27H2,1-2H3. The zero-order valence-corrected chi connectivity index (χ0v) is 18.1. The summed E-state index contributed by atoms with van der Waals surface area (Å²) in [5, 5.41) is 0.160. The van der Waals surface area contributed by atoms with Gasteiger partial charge in [0.2, 0.25) is 5.88 Å². The molecule has 0 radical (unpaired) electrons. The Labute approximate surface area is 186 Å². The Kier molecular flexibility index (Phi) is 5.32. The summed E-state index contributed by atoms with van der Waals surface area (Å²) in [6.07, 6.45) is 1.54. The van der Waals surface area contributed by atoms with Crippen LogP contribution in [0.4, 0.5) is 23.2 Å². The maximum Gasteiger partial charge on any atom is 0.517 e. The number of hydrogen-bond acceptors (Lipinski definition) is 5. The molecule has 0 saturated heterocycles. The number of benzene rings is 2. The minimum atomic E-state index is -5.88. The van der Waals surface area contributed by atoms with Gasteiger partial charge in [0, 0.05) is 28.8 Å². The van der Waals surface area contributed by atoms with Crippen LogP contribution in [0.15, 0.2) is 54.7 Å². The zero-order chi connectivity index (χ0) is 24.1. The van der Waals surface area contributed by atoms with Crippen molar-refractivity contribution in [2.45, 2.75) is 12.4 Å². The number of alkyl halides is 3. The van der Waals surface area contributed by atoms with Crippen LogP contribution in [0.5, 0.6) is 5.88 Å². The van der Waals surface area contributed by atoms with E-state index in [1.165, 1.54) is 55.8 Å². The average Bonchev–Trinajstić information content (AvgIpc) is 3.13. The smallest absolute Gasteiger partial charge is 0.481 e. The van der Waals surface area contributed by atoms with E-state index in [9.17, 15) is 26.0 Å². The second-order valence-corrected chi connectivity index (χ2v) is 9.05. The fourth-order valence-corrected chi connectivity index (χ4v) is 4.64. The number of nitrogens with two attached hydrogens (primary N) is 1. The summed E-state index contributed by atoms with van der Waals surface area (Å²) in [5.74, 6) is -0.631. The lowest BCUT2D eigenvalue weighted by molar-refractivity contribution is -0.0444. The van der Waals surface area contributed by atoms with E-state index in [1.54, 1.807) is 13.0 Å². The van der Waals surface area contributed by atoms with Gasteiger partial charge in [0.25, 0.3) is 0 Å². The molecular formula is C22H17F4N3O3S. The number of aromatic nitrogens is 2. The Hall–Kier alpha value is -3.60. The quantitative estimate of drug-likeness (QED) is 0.325. The summed E-state index contributed by atoms with van der Waals surface area (Å²) in [5.41, 5.74) is 0.537. The van der Waals surface area contributed by atoms with E-state index >= 15 is 0 Å². The fraction of sp³-hybridized carbons (Fsp3) is 0.136. The Balaban J connectivity index is 2.03. The van der Waals surface area contributed by atoms with E-state index in [-0.39, 0.29) is 26.1 Å². The van der Waals surface area contributed by atoms with E-state index in [0.717, 1.165) is 5.56 Å². The SMILES string of the molecule is COc1cc(C)c(-c2ccc3c(c2)cc(-c2cccc(N)c2F)n3S(=O)(=O)C(F)(F)F)cn1. The van der Waals surface area contributed by atoms with Gasteiger partial charge in [0.15, 0.2) is 5.82 Å². The van der Waals surface area contributed by atoms with Crippen molar-refractivity contribution < 1.29 is 30.7 Å². The van der Waals surface area contributed by atoms with Crippen LogP contribution in [0.3, 0.4) is 0 Å². The first-order chi connectivity index (χ1) is 15.5. The highest BCUT2D eigenvalue weighted by atomic mass is 32.2. The Morgan fingerprint density at radius 3 is 2.42 bits per heavy atom. The molecule has 6 nitrogen and oxygen atoms in total. The van der Waals surface area contributed by atoms with Crippen LogP contribution in [0.2, 0.25) is 0 Å². The Morgan fingerprint density at radius 1 is 1.06 bits per heavy atom. The molecule has 0 aliphatic rings. The van der Waals surface area contributed by atoms with Crippen molar-refractivity contribution in [2.75, 3.05) is 12.8 Å². The van der Waals surface area contributed by atoms with Crippen molar-refractivity contribution in [3.05, 3.63) is 66.1 Å². The lowest BCUT2D eigenvalue weighted by Crippen LogP contribution is -2.30. The topological polar surface area (TPSA) is 87.2 Å².